The maximum atomic E-state index is 13.7. The van der Waals surface area contributed by atoms with Crippen molar-refractivity contribution >= 4 is 16.8 Å². The van der Waals surface area contributed by atoms with E-state index < -0.39 is 5.92 Å². The number of carbonyl (C=O) groups excluding carboxylic acids is 1. The van der Waals surface area contributed by atoms with Crippen LogP contribution in [0.4, 0.5) is 4.39 Å². The molecule has 5 nitrogen and oxygen atoms in total. The standard InChI is InChI=1S/C17H17FN4O/c1-2-5-22-8-13-16(19-9-20-17(13)21-22)15-12-7-11(18)4-3-10(12)6-14(15)23/h3-4,7-10,12,15H,2,5-6H2,1H3. The second-order valence-corrected chi connectivity index (χ2v) is 6.19. The average Bonchev–Trinajstić information content (AvgIpc) is 3.07. The van der Waals surface area contributed by atoms with Gasteiger partial charge in [0.05, 0.1) is 17.0 Å². The number of fused-ring (bicyclic) bond motifs is 2. The van der Waals surface area contributed by atoms with E-state index in [0.29, 0.717) is 17.8 Å². The number of aryl methyl sites for hydroxylation is 1. The summed E-state index contributed by atoms with van der Waals surface area (Å²) in [7, 11) is 0. The first-order chi connectivity index (χ1) is 11.2. The molecule has 3 unspecified atom stereocenters. The van der Waals surface area contributed by atoms with E-state index in [9.17, 15) is 9.18 Å². The Balaban J connectivity index is 1.82. The normalized spacial score (nSPS) is 26.6. The van der Waals surface area contributed by atoms with E-state index in [4.69, 9.17) is 0 Å². The predicted octanol–water partition coefficient (Wildman–Crippen LogP) is 2.95. The Morgan fingerprint density at radius 1 is 1.39 bits per heavy atom. The highest BCUT2D eigenvalue weighted by Gasteiger charge is 2.43. The average molecular weight is 312 g/mol. The van der Waals surface area contributed by atoms with Crippen molar-refractivity contribution in [1.82, 2.24) is 19.7 Å². The van der Waals surface area contributed by atoms with Crippen molar-refractivity contribution in [2.24, 2.45) is 11.8 Å². The van der Waals surface area contributed by atoms with Crippen molar-refractivity contribution in [3.8, 4) is 0 Å². The van der Waals surface area contributed by atoms with Crippen molar-refractivity contribution in [3.05, 3.63) is 42.3 Å². The summed E-state index contributed by atoms with van der Waals surface area (Å²) >= 11 is 0. The largest absolute Gasteiger partial charge is 0.299 e. The van der Waals surface area contributed by atoms with E-state index in [2.05, 4.69) is 22.0 Å². The fourth-order valence-electron chi connectivity index (χ4n) is 3.66. The van der Waals surface area contributed by atoms with Crippen LogP contribution in [0.15, 0.2) is 36.6 Å². The van der Waals surface area contributed by atoms with Crippen LogP contribution in [0.25, 0.3) is 11.0 Å². The molecule has 6 heteroatoms. The van der Waals surface area contributed by atoms with Crippen molar-refractivity contribution in [2.45, 2.75) is 32.2 Å². The Kier molecular flexibility index (Phi) is 3.32. The second-order valence-electron chi connectivity index (χ2n) is 6.19. The molecule has 2 aromatic rings. The smallest absolute Gasteiger partial charge is 0.184 e. The van der Waals surface area contributed by atoms with Gasteiger partial charge >= 0.3 is 0 Å². The van der Waals surface area contributed by atoms with Crippen molar-refractivity contribution in [2.75, 3.05) is 0 Å². The highest BCUT2D eigenvalue weighted by Crippen LogP contribution is 2.45. The topological polar surface area (TPSA) is 60.7 Å². The molecule has 0 saturated heterocycles. The Hall–Kier alpha value is -2.37. The van der Waals surface area contributed by atoms with Crippen LogP contribution in [0.2, 0.25) is 0 Å². The van der Waals surface area contributed by atoms with Gasteiger partial charge in [-0.25, -0.2) is 14.4 Å². The Labute approximate surface area is 132 Å². The van der Waals surface area contributed by atoms with Crippen LogP contribution in [0.1, 0.15) is 31.4 Å². The molecule has 0 bridgehead atoms. The highest BCUT2D eigenvalue weighted by atomic mass is 19.1. The van der Waals surface area contributed by atoms with Gasteiger partial charge in [-0.05, 0) is 24.5 Å². The van der Waals surface area contributed by atoms with Gasteiger partial charge in [-0.2, -0.15) is 5.10 Å². The number of ketones is 1. The molecule has 118 valence electrons. The predicted molar refractivity (Wildman–Crippen MR) is 83.3 cm³/mol. The summed E-state index contributed by atoms with van der Waals surface area (Å²) in [6.07, 6.45) is 9.55. The number of halogens is 1. The van der Waals surface area contributed by atoms with Crippen molar-refractivity contribution < 1.29 is 9.18 Å². The van der Waals surface area contributed by atoms with E-state index in [0.717, 1.165) is 18.4 Å². The molecular formula is C17H17FN4O. The quantitative estimate of drug-likeness (QED) is 0.874. The van der Waals surface area contributed by atoms with E-state index in [1.54, 1.807) is 12.2 Å². The molecule has 2 aliphatic rings. The lowest BCUT2D eigenvalue weighted by Crippen LogP contribution is -2.16. The van der Waals surface area contributed by atoms with Gasteiger partial charge in [0.1, 0.15) is 17.9 Å². The minimum atomic E-state index is -0.416. The first-order valence-electron chi connectivity index (χ1n) is 7.93. The fraction of sp³-hybridized carbons (Fsp3) is 0.412. The summed E-state index contributed by atoms with van der Waals surface area (Å²) in [4.78, 5) is 21.1. The lowest BCUT2D eigenvalue weighted by Gasteiger charge is -2.20. The molecule has 2 aliphatic carbocycles. The maximum Gasteiger partial charge on any atom is 0.184 e. The Morgan fingerprint density at radius 3 is 3.09 bits per heavy atom. The molecule has 0 spiro atoms. The van der Waals surface area contributed by atoms with Crippen LogP contribution in [0, 0.1) is 11.8 Å². The van der Waals surface area contributed by atoms with Gasteiger partial charge in [-0.3, -0.25) is 9.48 Å². The van der Waals surface area contributed by atoms with Crippen molar-refractivity contribution in [1.29, 1.82) is 0 Å². The number of aromatic nitrogens is 4. The van der Waals surface area contributed by atoms with Gasteiger partial charge in [0.25, 0.3) is 0 Å². The second kappa shape index (κ2) is 5.37. The van der Waals surface area contributed by atoms with Gasteiger partial charge in [-0.15, -0.1) is 0 Å². The molecule has 0 radical (unpaired) electrons. The fourth-order valence-corrected chi connectivity index (χ4v) is 3.66. The van der Waals surface area contributed by atoms with E-state index in [1.807, 2.05) is 10.9 Å². The van der Waals surface area contributed by atoms with Gasteiger partial charge in [-0.1, -0.05) is 13.0 Å². The Bertz CT molecular complexity index is 838. The Morgan fingerprint density at radius 2 is 2.26 bits per heavy atom. The summed E-state index contributed by atoms with van der Waals surface area (Å²) in [6, 6.07) is 0. The third kappa shape index (κ3) is 2.29. The zero-order valence-corrected chi connectivity index (χ0v) is 12.8. The summed E-state index contributed by atoms with van der Waals surface area (Å²) in [5, 5.41) is 5.22. The molecule has 1 fully saturated rings. The molecule has 0 aromatic carbocycles. The molecule has 1 saturated carbocycles. The van der Waals surface area contributed by atoms with E-state index in [1.165, 1.54) is 12.4 Å². The third-order valence-corrected chi connectivity index (χ3v) is 4.66. The SMILES string of the molecule is CCCn1cc2c(C3C(=O)CC4C=CC(F)=CC43)ncnc2n1. The molecule has 2 heterocycles. The molecule has 2 aromatic heterocycles. The molecule has 0 amide bonds. The van der Waals surface area contributed by atoms with Crippen LogP contribution in [-0.4, -0.2) is 25.5 Å². The monoisotopic (exact) mass is 312 g/mol. The van der Waals surface area contributed by atoms with Gasteiger partial charge in [0, 0.05) is 25.1 Å². The number of allylic oxidation sites excluding steroid dienone is 4. The van der Waals surface area contributed by atoms with Crippen LogP contribution in [0.5, 0.6) is 0 Å². The summed E-state index contributed by atoms with van der Waals surface area (Å²) in [6.45, 7) is 2.86. The van der Waals surface area contributed by atoms with Crippen LogP contribution < -0.4 is 0 Å². The molecule has 0 aliphatic heterocycles. The summed E-state index contributed by atoms with van der Waals surface area (Å²) < 4.78 is 15.5. The molecule has 3 atom stereocenters. The molecule has 23 heavy (non-hydrogen) atoms. The van der Waals surface area contributed by atoms with Crippen LogP contribution in [0.3, 0.4) is 0 Å². The van der Waals surface area contributed by atoms with Crippen LogP contribution >= 0.6 is 0 Å². The molecular weight excluding hydrogens is 295 g/mol. The highest BCUT2D eigenvalue weighted by molar-refractivity contribution is 5.93. The lowest BCUT2D eigenvalue weighted by molar-refractivity contribution is -0.118. The number of nitrogens with zero attached hydrogens (tertiary/aromatic N) is 4. The third-order valence-electron chi connectivity index (χ3n) is 4.66. The van der Waals surface area contributed by atoms with E-state index in [-0.39, 0.29) is 23.4 Å². The van der Waals surface area contributed by atoms with Gasteiger partial charge in [0.15, 0.2) is 5.65 Å². The first kappa shape index (κ1) is 14.2. The van der Waals surface area contributed by atoms with Crippen LogP contribution in [-0.2, 0) is 11.3 Å². The summed E-state index contributed by atoms with van der Waals surface area (Å²) in [5.41, 5.74) is 1.27. The number of carbonyl (C=O) groups is 1. The number of Topliss-reactive ketones (excluding diaryl/α,β-unsaturated/α-hetero) is 1. The van der Waals surface area contributed by atoms with Gasteiger partial charge in [0.2, 0.25) is 0 Å². The van der Waals surface area contributed by atoms with Gasteiger partial charge < -0.3 is 0 Å². The molecule has 0 N–H and O–H groups in total. The first-order valence-corrected chi connectivity index (χ1v) is 7.93. The number of hydrogen-bond donors (Lipinski definition) is 0. The van der Waals surface area contributed by atoms with Crippen molar-refractivity contribution in [3.63, 3.8) is 0 Å². The minimum absolute atomic E-state index is 0.0581. The zero-order valence-electron chi connectivity index (χ0n) is 12.8. The number of hydrogen-bond acceptors (Lipinski definition) is 4. The number of rotatable bonds is 3. The maximum absolute atomic E-state index is 13.7. The molecule has 4 rings (SSSR count). The minimum Gasteiger partial charge on any atom is -0.299 e. The van der Waals surface area contributed by atoms with E-state index >= 15 is 0 Å². The zero-order chi connectivity index (χ0) is 16.0. The lowest BCUT2D eigenvalue weighted by atomic mass is 9.83. The summed E-state index contributed by atoms with van der Waals surface area (Å²) in [5.74, 6) is -0.694.